The lowest BCUT2D eigenvalue weighted by Gasteiger charge is -2.49. The average molecular weight is 528 g/mol. The fourth-order valence-electron chi connectivity index (χ4n) is 3.25. The van der Waals surface area contributed by atoms with E-state index in [-0.39, 0.29) is 22.2 Å². The number of esters is 1. The Balaban J connectivity index is 1.67. The number of nitrogen functional groups attached to an aromatic ring is 1. The standard InChI is InChI=1S/C20H25N5O8S2/c1-8(2)31-20(29)33-10(4)32-18(28)14-9(3)6-34-17-13(16(27)25(14)17)23-15(26)12(24-30-5)11-7-35-19(21)22-11/h7-8,10,13,17H,6H2,1-5H3,(H2,21,22)(H,23,26)/b24-12-/t10?,13-,17-/m1/s1. The highest BCUT2D eigenvalue weighted by Gasteiger charge is 2.54. The maximum atomic E-state index is 12.9. The van der Waals surface area contributed by atoms with Gasteiger partial charge in [-0.15, -0.1) is 23.1 Å². The first-order chi connectivity index (χ1) is 16.5. The quantitative estimate of drug-likeness (QED) is 0.164. The van der Waals surface area contributed by atoms with Gasteiger partial charge in [0.2, 0.25) is 6.29 Å². The fourth-order valence-corrected chi connectivity index (χ4v) is 5.09. The van der Waals surface area contributed by atoms with E-state index in [0.717, 1.165) is 11.3 Å². The number of nitrogens with one attached hydrogen (secondary N) is 1. The zero-order valence-electron chi connectivity index (χ0n) is 19.6. The molecule has 15 heteroatoms. The largest absolute Gasteiger partial charge is 0.511 e. The number of thiazole rings is 1. The summed E-state index contributed by atoms with van der Waals surface area (Å²) in [4.78, 5) is 60.2. The molecule has 35 heavy (non-hydrogen) atoms. The van der Waals surface area contributed by atoms with E-state index in [1.807, 2.05) is 0 Å². The molecule has 0 aromatic carbocycles. The molecule has 0 radical (unpaired) electrons. The number of oxime groups is 1. The van der Waals surface area contributed by atoms with Crippen LogP contribution in [0.2, 0.25) is 0 Å². The summed E-state index contributed by atoms with van der Waals surface area (Å²) in [6, 6.07) is -0.920. The van der Waals surface area contributed by atoms with E-state index in [0.29, 0.717) is 11.3 Å². The van der Waals surface area contributed by atoms with Crippen molar-refractivity contribution >= 4 is 57.9 Å². The summed E-state index contributed by atoms with van der Waals surface area (Å²) in [5.74, 6) is -1.62. The zero-order valence-corrected chi connectivity index (χ0v) is 21.2. The lowest BCUT2D eigenvalue weighted by atomic mass is 10.0. The number of nitrogens with two attached hydrogens (primary N) is 1. The molecule has 1 aromatic heterocycles. The van der Waals surface area contributed by atoms with Crippen LogP contribution >= 0.6 is 23.1 Å². The second-order valence-electron chi connectivity index (χ2n) is 7.69. The summed E-state index contributed by atoms with van der Waals surface area (Å²) < 4.78 is 14.9. The second-order valence-corrected chi connectivity index (χ2v) is 9.69. The lowest BCUT2D eigenvalue weighted by molar-refractivity contribution is -0.169. The molecule has 2 aliphatic rings. The van der Waals surface area contributed by atoms with Crippen molar-refractivity contribution in [2.45, 2.75) is 51.5 Å². The van der Waals surface area contributed by atoms with Crippen LogP contribution in [0, 0.1) is 0 Å². The van der Waals surface area contributed by atoms with Crippen LogP contribution in [-0.2, 0) is 33.4 Å². The number of thioether (sulfide) groups is 1. The third-order valence-electron chi connectivity index (χ3n) is 4.67. The Morgan fingerprint density at radius 3 is 2.57 bits per heavy atom. The molecule has 2 aliphatic heterocycles. The minimum Gasteiger partial charge on any atom is -0.431 e. The van der Waals surface area contributed by atoms with Crippen LogP contribution in [0.25, 0.3) is 0 Å². The molecule has 1 fully saturated rings. The molecule has 13 nitrogen and oxygen atoms in total. The van der Waals surface area contributed by atoms with Gasteiger partial charge in [-0.3, -0.25) is 14.5 Å². The van der Waals surface area contributed by atoms with Gasteiger partial charge in [0.05, 0.1) is 6.10 Å². The van der Waals surface area contributed by atoms with Crippen molar-refractivity contribution in [1.29, 1.82) is 0 Å². The van der Waals surface area contributed by atoms with Crippen molar-refractivity contribution in [3.05, 3.63) is 22.3 Å². The minimum atomic E-state index is -1.24. The lowest BCUT2D eigenvalue weighted by Crippen LogP contribution is -2.71. The summed E-state index contributed by atoms with van der Waals surface area (Å²) in [5, 5.41) is 7.55. The van der Waals surface area contributed by atoms with Crippen molar-refractivity contribution in [2.24, 2.45) is 5.16 Å². The van der Waals surface area contributed by atoms with E-state index in [1.54, 1.807) is 20.8 Å². The zero-order chi connectivity index (χ0) is 25.9. The SMILES string of the molecule is CO/N=C(\C(=O)N[C@@H]1C(=O)N2C(C(=O)OC(C)OC(=O)OC(C)C)=C(C)CS[C@H]12)c1csc(N)n1. The molecule has 0 saturated carbocycles. The number of rotatable bonds is 8. The molecule has 1 unspecified atom stereocenters. The van der Waals surface area contributed by atoms with Gasteiger partial charge in [0, 0.05) is 18.1 Å². The number of carbonyl (C=O) groups is 4. The Morgan fingerprint density at radius 1 is 1.26 bits per heavy atom. The first-order valence-electron chi connectivity index (χ1n) is 10.4. The first kappa shape index (κ1) is 26.3. The van der Waals surface area contributed by atoms with Gasteiger partial charge in [-0.05, 0) is 26.3 Å². The summed E-state index contributed by atoms with van der Waals surface area (Å²) in [7, 11) is 1.27. The van der Waals surface area contributed by atoms with Gasteiger partial charge >= 0.3 is 12.1 Å². The molecular formula is C20H25N5O8S2. The van der Waals surface area contributed by atoms with Crippen molar-refractivity contribution in [1.82, 2.24) is 15.2 Å². The summed E-state index contributed by atoms with van der Waals surface area (Å²) in [5.41, 5.74) is 6.34. The molecule has 3 atom stereocenters. The summed E-state index contributed by atoms with van der Waals surface area (Å²) in [6.45, 7) is 6.33. The number of aromatic nitrogens is 1. The van der Waals surface area contributed by atoms with Gasteiger partial charge in [-0.2, -0.15) is 0 Å². The average Bonchev–Trinajstić information content (AvgIpc) is 3.20. The minimum absolute atomic E-state index is 0.0370. The van der Waals surface area contributed by atoms with Gasteiger partial charge in [-0.25, -0.2) is 14.6 Å². The number of hydrogen-bond donors (Lipinski definition) is 2. The molecule has 3 heterocycles. The van der Waals surface area contributed by atoms with Crippen LogP contribution in [0.5, 0.6) is 0 Å². The number of carbonyl (C=O) groups excluding carboxylic acids is 4. The topological polar surface area (TPSA) is 172 Å². The van der Waals surface area contributed by atoms with E-state index in [4.69, 9.17) is 24.8 Å². The Kier molecular flexibility index (Phi) is 8.22. The Bertz CT molecular complexity index is 1090. The van der Waals surface area contributed by atoms with Crippen molar-refractivity contribution in [2.75, 3.05) is 18.6 Å². The van der Waals surface area contributed by atoms with Crippen LogP contribution in [0.15, 0.2) is 21.8 Å². The summed E-state index contributed by atoms with van der Waals surface area (Å²) >= 11 is 2.49. The second kappa shape index (κ2) is 10.9. The number of nitrogens with zero attached hydrogens (tertiary/aromatic N) is 3. The van der Waals surface area contributed by atoms with Gasteiger partial charge < -0.3 is 30.1 Å². The molecule has 190 valence electrons. The van der Waals surface area contributed by atoms with Crippen LogP contribution < -0.4 is 11.1 Å². The Labute approximate surface area is 209 Å². The number of fused-ring (bicyclic) bond motifs is 1. The summed E-state index contributed by atoms with van der Waals surface area (Å²) in [6.07, 6.45) is -2.63. The normalized spacial score (nSPS) is 20.6. The monoisotopic (exact) mass is 527 g/mol. The highest BCUT2D eigenvalue weighted by molar-refractivity contribution is 8.00. The van der Waals surface area contributed by atoms with Crippen LogP contribution in [0.3, 0.4) is 0 Å². The van der Waals surface area contributed by atoms with Gasteiger partial charge in [0.25, 0.3) is 11.8 Å². The first-order valence-corrected chi connectivity index (χ1v) is 12.3. The molecule has 0 aliphatic carbocycles. The van der Waals surface area contributed by atoms with Gasteiger partial charge in [0.1, 0.15) is 29.9 Å². The molecule has 0 bridgehead atoms. The van der Waals surface area contributed by atoms with Crippen molar-refractivity contribution < 1.29 is 38.2 Å². The molecule has 2 amide bonds. The third kappa shape index (κ3) is 5.85. The maximum Gasteiger partial charge on any atom is 0.511 e. The number of β-lactam (4-membered cyclic amide) rings is 1. The molecule has 1 aromatic rings. The number of ether oxygens (including phenoxy) is 3. The van der Waals surface area contributed by atoms with E-state index in [9.17, 15) is 19.2 Å². The number of anilines is 1. The van der Waals surface area contributed by atoms with E-state index >= 15 is 0 Å². The van der Waals surface area contributed by atoms with Crippen molar-refractivity contribution in [3.8, 4) is 0 Å². The molecule has 3 rings (SSSR count). The van der Waals surface area contributed by atoms with Crippen LogP contribution in [-0.4, -0.2) is 76.2 Å². The Hall–Kier alpha value is -3.33. The molecule has 3 N–H and O–H groups in total. The van der Waals surface area contributed by atoms with Crippen LogP contribution in [0.1, 0.15) is 33.4 Å². The van der Waals surface area contributed by atoms with E-state index < -0.39 is 47.7 Å². The van der Waals surface area contributed by atoms with Gasteiger partial charge in [0.15, 0.2) is 10.8 Å². The predicted octanol–water partition coefficient (Wildman–Crippen LogP) is 1.20. The Morgan fingerprint density at radius 2 is 1.97 bits per heavy atom. The molecule has 0 spiro atoms. The smallest absolute Gasteiger partial charge is 0.431 e. The highest BCUT2D eigenvalue weighted by Crippen LogP contribution is 2.40. The fraction of sp³-hybridized carbons (Fsp3) is 0.500. The highest BCUT2D eigenvalue weighted by atomic mass is 32.2. The number of hydrogen-bond acceptors (Lipinski definition) is 13. The third-order valence-corrected chi connectivity index (χ3v) is 6.77. The molecular weight excluding hydrogens is 502 g/mol. The van der Waals surface area contributed by atoms with Crippen molar-refractivity contribution in [3.63, 3.8) is 0 Å². The van der Waals surface area contributed by atoms with Crippen LogP contribution in [0.4, 0.5) is 9.93 Å². The molecule has 1 saturated heterocycles. The predicted molar refractivity (Wildman–Crippen MR) is 126 cm³/mol. The maximum absolute atomic E-state index is 12.9. The van der Waals surface area contributed by atoms with Gasteiger partial charge in [-0.1, -0.05) is 5.16 Å². The van der Waals surface area contributed by atoms with E-state index in [1.165, 1.54) is 36.1 Å². The number of amides is 2. The van der Waals surface area contributed by atoms with E-state index in [2.05, 4.69) is 15.5 Å².